The van der Waals surface area contributed by atoms with E-state index in [0.717, 1.165) is 25.0 Å². The third kappa shape index (κ3) is 3.03. The molecule has 1 heterocycles. The minimum atomic E-state index is 0.0310. The molecule has 0 saturated carbocycles. The Morgan fingerprint density at radius 1 is 1.46 bits per heavy atom. The second-order valence-electron chi connectivity index (χ2n) is 3.24. The zero-order valence-electron chi connectivity index (χ0n) is 8.03. The summed E-state index contributed by atoms with van der Waals surface area (Å²) in [5, 5.41) is 0. The number of pyridine rings is 1. The lowest BCUT2D eigenvalue weighted by atomic mass is 10.1. The van der Waals surface area contributed by atoms with Gasteiger partial charge in [-0.05, 0) is 18.6 Å². The van der Waals surface area contributed by atoms with Crippen LogP contribution in [0.5, 0.6) is 0 Å². The molecule has 3 nitrogen and oxygen atoms in total. The van der Waals surface area contributed by atoms with Gasteiger partial charge in [0.25, 0.3) is 0 Å². The number of rotatable bonds is 4. The molecule has 4 N–H and O–H groups in total. The lowest BCUT2D eigenvalue weighted by Gasteiger charge is -2.10. The average molecular weight is 179 g/mol. The van der Waals surface area contributed by atoms with Crippen LogP contribution in [0.25, 0.3) is 0 Å². The van der Waals surface area contributed by atoms with Gasteiger partial charge in [-0.15, -0.1) is 0 Å². The molecular formula is C10H17N3. The molecule has 1 rings (SSSR count). The van der Waals surface area contributed by atoms with Crippen molar-refractivity contribution in [3.8, 4) is 0 Å². The largest absolute Gasteiger partial charge is 0.384 e. The molecule has 72 valence electrons. The highest BCUT2D eigenvalue weighted by Gasteiger charge is 2.06. The van der Waals surface area contributed by atoms with Gasteiger partial charge in [-0.3, -0.25) is 0 Å². The Bertz CT molecular complexity index is 260. The lowest BCUT2D eigenvalue weighted by Crippen LogP contribution is -2.12. The van der Waals surface area contributed by atoms with Gasteiger partial charge in [0, 0.05) is 6.04 Å². The summed E-state index contributed by atoms with van der Waals surface area (Å²) >= 11 is 0. The summed E-state index contributed by atoms with van der Waals surface area (Å²) in [4.78, 5) is 4.18. The van der Waals surface area contributed by atoms with E-state index in [-0.39, 0.29) is 6.04 Å². The maximum absolute atomic E-state index is 5.93. The van der Waals surface area contributed by atoms with Gasteiger partial charge in [-0.25, -0.2) is 4.98 Å². The molecule has 13 heavy (non-hydrogen) atoms. The van der Waals surface area contributed by atoms with E-state index in [0.29, 0.717) is 5.82 Å². The first-order valence-corrected chi connectivity index (χ1v) is 4.72. The number of hydrogen-bond acceptors (Lipinski definition) is 3. The fourth-order valence-electron chi connectivity index (χ4n) is 1.25. The van der Waals surface area contributed by atoms with Crippen LogP contribution in [0.4, 0.5) is 5.82 Å². The van der Waals surface area contributed by atoms with Crippen LogP contribution in [0.2, 0.25) is 0 Å². The summed E-state index contributed by atoms with van der Waals surface area (Å²) in [6, 6.07) is 5.62. The molecule has 0 aliphatic carbocycles. The summed E-state index contributed by atoms with van der Waals surface area (Å²) < 4.78 is 0. The Hall–Kier alpha value is -1.09. The fraction of sp³-hybridized carbons (Fsp3) is 0.500. The Labute approximate surface area is 79.2 Å². The first-order valence-electron chi connectivity index (χ1n) is 4.72. The average Bonchev–Trinajstić information content (AvgIpc) is 2.14. The first kappa shape index (κ1) is 9.99. The number of nitrogens with zero attached hydrogens (tertiary/aromatic N) is 1. The third-order valence-corrected chi connectivity index (χ3v) is 2.04. The van der Waals surface area contributed by atoms with E-state index >= 15 is 0 Å². The van der Waals surface area contributed by atoms with Crippen LogP contribution in [0.3, 0.4) is 0 Å². The van der Waals surface area contributed by atoms with Gasteiger partial charge >= 0.3 is 0 Å². The Kier molecular flexibility index (Phi) is 3.71. The molecular weight excluding hydrogens is 162 g/mol. The molecule has 1 unspecified atom stereocenters. The van der Waals surface area contributed by atoms with Crippen molar-refractivity contribution in [3.05, 3.63) is 23.9 Å². The van der Waals surface area contributed by atoms with E-state index in [1.165, 1.54) is 0 Å². The number of nitrogens with two attached hydrogens (primary N) is 2. The summed E-state index contributed by atoms with van der Waals surface area (Å²) in [5.74, 6) is 0.546. The Balaban J connectivity index is 2.60. The number of nitrogen functional groups attached to an aromatic ring is 1. The molecule has 0 aliphatic rings. The number of anilines is 1. The minimum Gasteiger partial charge on any atom is -0.384 e. The number of hydrogen-bond donors (Lipinski definition) is 2. The first-order chi connectivity index (χ1) is 6.24. The smallest absolute Gasteiger partial charge is 0.123 e. The second-order valence-corrected chi connectivity index (χ2v) is 3.24. The molecule has 0 fully saturated rings. The zero-order chi connectivity index (χ0) is 9.68. The molecule has 0 spiro atoms. The van der Waals surface area contributed by atoms with Crippen LogP contribution in [0.1, 0.15) is 37.9 Å². The van der Waals surface area contributed by atoms with Crippen LogP contribution in [-0.2, 0) is 0 Å². The molecule has 0 aliphatic heterocycles. The van der Waals surface area contributed by atoms with Crippen molar-refractivity contribution < 1.29 is 0 Å². The molecule has 1 aromatic heterocycles. The van der Waals surface area contributed by atoms with Gasteiger partial charge in [0.05, 0.1) is 5.69 Å². The molecule has 0 radical (unpaired) electrons. The van der Waals surface area contributed by atoms with Gasteiger partial charge < -0.3 is 11.5 Å². The Morgan fingerprint density at radius 2 is 2.23 bits per heavy atom. The Morgan fingerprint density at radius 3 is 2.85 bits per heavy atom. The van der Waals surface area contributed by atoms with Crippen molar-refractivity contribution in [2.75, 3.05) is 5.73 Å². The molecule has 1 atom stereocenters. The minimum absolute atomic E-state index is 0.0310. The summed E-state index contributed by atoms with van der Waals surface area (Å²) in [7, 11) is 0. The quantitative estimate of drug-likeness (QED) is 0.741. The maximum Gasteiger partial charge on any atom is 0.123 e. The fourth-order valence-corrected chi connectivity index (χ4v) is 1.25. The van der Waals surface area contributed by atoms with E-state index in [2.05, 4.69) is 11.9 Å². The van der Waals surface area contributed by atoms with Crippen molar-refractivity contribution in [3.63, 3.8) is 0 Å². The number of unbranched alkanes of at least 4 members (excludes halogenated alkanes) is 1. The van der Waals surface area contributed by atoms with Crippen molar-refractivity contribution in [2.24, 2.45) is 5.73 Å². The van der Waals surface area contributed by atoms with E-state index in [4.69, 9.17) is 11.5 Å². The van der Waals surface area contributed by atoms with Gasteiger partial charge in [0.2, 0.25) is 0 Å². The second kappa shape index (κ2) is 4.82. The highest BCUT2D eigenvalue weighted by Crippen LogP contribution is 2.15. The van der Waals surface area contributed by atoms with Crippen LogP contribution < -0.4 is 11.5 Å². The third-order valence-electron chi connectivity index (χ3n) is 2.04. The van der Waals surface area contributed by atoms with Crippen LogP contribution in [-0.4, -0.2) is 4.98 Å². The summed E-state index contributed by atoms with van der Waals surface area (Å²) in [6.45, 7) is 2.15. The topological polar surface area (TPSA) is 64.9 Å². The van der Waals surface area contributed by atoms with E-state index in [1.807, 2.05) is 12.1 Å². The van der Waals surface area contributed by atoms with Crippen molar-refractivity contribution >= 4 is 5.82 Å². The molecule has 3 heteroatoms. The molecule has 1 aromatic rings. The van der Waals surface area contributed by atoms with Gasteiger partial charge in [0.1, 0.15) is 5.82 Å². The molecule has 0 bridgehead atoms. The van der Waals surface area contributed by atoms with Crippen molar-refractivity contribution in [2.45, 2.75) is 32.2 Å². The normalized spacial score (nSPS) is 12.8. The highest BCUT2D eigenvalue weighted by molar-refractivity contribution is 5.29. The zero-order valence-corrected chi connectivity index (χ0v) is 8.03. The van der Waals surface area contributed by atoms with Crippen molar-refractivity contribution in [1.82, 2.24) is 4.98 Å². The predicted octanol–water partition coefficient (Wildman–Crippen LogP) is 1.85. The molecule has 0 amide bonds. The predicted molar refractivity (Wildman–Crippen MR) is 55.1 cm³/mol. The van der Waals surface area contributed by atoms with Crippen LogP contribution in [0.15, 0.2) is 18.2 Å². The summed E-state index contributed by atoms with van der Waals surface area (Å²) in [6.07, 6.45) is 3.28. The van der Waals surface area contributed by atoms with Crippen molar-refractivity contribution in [1.29, 1.82) is 0 Å². The van der Waals surface area contributed by atoms with E-state index in [9.17, 15) is 0 Å². The molecule has 0 aromatic carbocycles. The maximum atomic E-state index is 5.93. The van der Waals surface area contributed by atoms with E-state index < -0.39 is 0 Å². The van der Waals surface area contributed by atoms with Crippen LogP contribution in [0, 0.1) is 0 Å². The van der Waals surface area contributed by atoms with Crippen LogP contribution >= 0.6 is 0 Å². The van der Waals surface area contributed by atoms with Gasteiger partial charge in [-0.2, -0.15) is 0 Å². The lowest BCUT2D eigenvalue weighted by molar-refractivity contribution is 0.591. The monoisotopic (exact) mass is 179 g/mol. The SMILES string of the molecule is CCCCC(N)c1cccc(N)n1. The highest BCUT2D eigenvalue weighted by atomic mass is 14.9. The molecule has 0 saturated heterocycles. The standard InChI is InChI=1S/C10H17N3/c1-2-3-5-8(11)9-6-4-7-10(12)13-9/h4,6-8H,2-3,5,11H2,1H3,(H2,12,13). The summed E-state index contributed by atoms with van der Waals surface area (Å²) in [5.41, 5.74) is 12.4. The van der Waals surface area contributed by atoms with Gasteiger partial charge in [-0.1, -0.05) is 25.8 Å². The number of aromatic nitrogens is 1. The van der Waals surface area contributed by atoms with Gasteiger partial charge in [0.15, 0.2) is 0 Å². The van der Waals surface area contributed by atoms with E-state index in [1.54, 1.807) is 6.07 Å².